The summed E-state index contributed by atoms with van der Waals surface area (Å²) in [6, 6.07) is 8.18. The molecular formula is C25H23N7O3. The van der Waals surface area contributed by atoms with Crippen LogP contribution in [0.25, 0.3) is 16.9 Å². The second-order valence-corrected chi connectivity index (χ2v) is 8.17. The number of nitrogens with two attached hydrogens (primary N) is 1. The van der Waals surface area contributed by atoms with Gasteiger partial charge in [0.15, 0.2) is 0 Å². The van der Waals surface area contributed by atoms with E-state index in [0.717, 1.165) is 42.8 Å². The Morgan fingerprint density at radius 1 is 1.20 bits per heavy atom. The molecule has 35 heavy (non-hydrogen) atoms. The van der Waals surface area contributed by atoms with Crippen LogP contribution in [0.2, 0.25) is 0 Å². The van der Waals surface area contributed by atoms with Crippen LogP contribution in [0.4, 0.5) is 5.95 Å². The number of hydrogen-bond donors (Lipinski definition) is 2. The first-order valence-corrected chi connectivity index (χ1v) is 11.1. The van der Waals surface area contributed by atoms with Gasteiger partial charge in [0.25, 0.3) is 0 Å². The first kappa shape index (κ1) is 22.3. The first-order chi connectivity index (χ1) is 17.0. The maximum atomic E-state index is 11.2. The number of nitrogens with zero attached hydrogens (tertiary/aromatic N) is 6. The SMILES string of the molecule is CC#CCN1CCC(c2nc(-c3ccc(Oc4cc(C(=O)O)ccn4)nc3)n3c(N)nccc23)C1. The summed E-state index contributed by atoms with van der Waals surface area (Å²) in [4.78, 5) is 31.2. The zero-order valence-corrected chi connectivity index (χ0v) is 19.0. The second kappa shape index (κ2) is 9.40. The van der Waals surface area contributed by atoms with Crippen LogP contribution in [0.5, 0.6) is 11.8 Å². The van der Waals surface area contributed by atoms with Crippen LogP contribution < -0.4 is 10.5 Å². The minimum absolute atomic E-state index is 0.0817. The molecule has 0 bridgehead atoms. The molecule has 5 heterocycles. The number of aromatic nitrogens is 5. The topological polar surface area (TPSA) is 132 Å². The summed E-state index contributed by atoms with van der Waals surface area (Å²) in [5.74, 6) is 6.72. The number of ether oxygens (including phenoxy) is 1. The van der Waals surface area contributed by atoms with E-state index in [0.29, 0.717) is 11.8 Å². The van der Waals surface area contributed by atoms with E-state index in [1.807, 2.05) is 23.5 Å². The summed E-state index contributed by atoms with van der Waals surface area (Å²) in [7, 11) is 0. The summed E-state index contributed by atoms with van der Waals surface area (Å²) in [6.07, 6.45) is 5.70. The van der Waals surface area contributed by atoms with Gasteiger partial charge in [-0.3, -0.25) is 9.30 Å². The highest BCUT2D eigenvalue weighted by atomic mass is 16.5. The van der Waals surface area contributed by atoms with E-state index in [4.69, 9.17) is 20.6 Å². The van der Waals surface area contributed by atoms with Crippen molar-refractivity contribution in [1.29, 1.82) is 0 Å². The smallest absolute Gasteiger partial charge is 0.335 e. The number of fused-ring (bicyclic) bond motifs is 1. The van der Waals surface area contributed by atoms with Gasteiger partial charge in [0.2, 0.25) is 17.7 Å². The fourth-order valence-corrected chi connectivity index (χ4v) is 4.25. The number of pyridine rings is 2. The molecule has 0 aromatic carbocycles. The minimum Gasteiger partial charge on any atom is -0.478 e. The molecule has 0 saturated carbocycles. The Bertz CT molecular complexity index is 1450. The summed E-state index contributed by atoms with van der Waals surface area (Å²) in [5.41, 5.74) is 8.99. The number of carbonyl (C=O) groups is 1. The van der Waals surface area contributed by atoms with E-state index >= 15 is 0 Å². The van der Waals surface area contributed by atoms with Gasteiger partial charge in [-0.1, -0.05) is 5.92 Å². The zero-order valence-electron chi connectivity index (χ0n) is 19.0. The van der Waals surface area contributed by atoms with Crippen molar-refractivity contribution in [2.45, 2.75) is 19.3 Å². The minimum atomic E-state index is -1.06. The maximum absolute atomic E-state index is 11.2. The van der Waals surface area contributed by atoms with Gasteiger partial charge in [0.05, 0.1) is 23.3 Å². The normalized spacial score (nSPS) is 15.6. The van der Waals surface area contributed by atoms with Crippen molar-refractivity contribution in [3.8, 4) is 35.0 Å². The lowest BCUT2D eigenvalue weighted by Gasteiger charge is -2.11. The molecule has 0 spiro atoms. The van der Waals surface area contributed by atoms with E-state index in [2.05, 4.69) is 31.7 Å². The number of hydrogen-bond acceptors (Lipinski definition) is 8. The van der Waals surface area contributed by atoms with Crippen LogP contribution in [0.3, 0.4) is 0 Å². The molecule has 1 unspecified atom stereocenters. The Morgan fingerprint density at radius 2 is 2.06 bits per heavy atom. The Hall–Kier alpha value is -4.49. The van der Waals surface area contributed by atoms with E-state index < -0.39 is 5.97 Å². The number of rotatable bonds is 6. The third-order valence-corrected chi connectivity index (χ3v) is 5.93. The number of aromatic carboxylic acids is 1. The lowest BCUT2D eigenvalue weighted by molar-refractivity contribution is 0.0696. The van der Waals surface area contributed by atoms with Crippen molar-refractivity contribution in [1.82, 2.24) is 29.2 Å². The summed E-state index contributed by atoms with van der Waals surface area (Å²) >= 11 is 0. The molecule has 0 aliphatic carbocycles. The lowest BCUT2D eigenvalue weighted by Crippen LogP contribution is -2.20. The van der Waals surface area contributed by atoms with Crippen molar-refractivity contribution in [2.75, 3.05) is 25.4 Å². The molecule has 4 aromatic rings. The molecule has 10 nitrogen and oxygen atoms in total. The van der Waals surface area contributed by atoms with Crippen LogP contribution in [0.15, 0.2) is 48.9 Å². The Kier molecular flexibility index (Phi) is 5.99. The first-order valence-electron chi connectivity index (χ1n) is 11.1. The van der Waals surface area contributed by atoms with Gasteiger partial charge in [-0.25, -0.2) is 24.7 Å². The molecule has 0 amide bonds. The van der Waals surface area contributed by atoms with Gasteiger partial charge in [-0.05, 0) is 38.1 Å². The number of carboxylic acid groups (broad SMARTS) is 1. The van der Waals surface area contributed by atoms with Gasteiger partial charge in [0.1, 0.15) is 5.82 Å². The molecule has 5 rings (SSSR count). The highest BCUT2D eigenvalue weighted by Gasteiger charge is 2.28. The quantitative estimate of drug-likeness (QED) is 0.409. The van der Waals surface area contributed by atoms with Gasteiger partial charge >= 0.3 is 5.97 Å². The van der Waals surface area contributed by atoms with E-state index in [1.165, 1.54) is 18.3 Å². The molecule has 1 saturated heterocycles. The third-order valence-electron chi connectivity index (χ3n) is 5.93. The number of imidazole rings is 1. The van der Waals surface area contributed by atoms with Gasteiger partial charge in [0, 0.05) is 48.7 Å². The van der Waals surface area contributed by atoms with Crippen molar-refractivity contribution in [3.05, 3.63) is 60.2 Å². The van der Waals surface area contributed by atoms with Crippen LogP contribution >= 0.6 is 0 Å². The molecule has 1 aliphatic heterocycles. The molecule has 1 fully saturated rings. The fraction of sp³-hybridized carbons (Fsp3) is 0.240. The van der Waals surface area contributed by atoms with E-state index in [1.54, 1.807) is 18.5 Å². The molecule has 176 valence electrons. The van der Waals surface area contributed by atoms with Crippen molar-refractivity contribution in [2.24, 2.45) is 0 Å². The highest BCUT2D eigenvalue weighted by molar-refractivity contribution is 5.87. The predicted molar refractivity (Wildman–Crippen MR) is 129 cm³/mol. The van der Waals surface area contributed by atoms with E-state index in [-0.39, 0.29) is 23.2 Å². The molecular weight excluding hydrogens is 446 g/mol. The van der Waals surface area contributed by atoms with Crippen LogP contribution in [-0.4, -0.2) is 59.9 Å². The van der Waals surface area contributed by atoms with Gasteiger partial charge in [-0.2, -0.15) is 0 Å². The predicted octanol–water partition coefficient (Wildman–Crippen LogP) is 3.07. The Balaban J connectivity index is 1.44. The van der Waals surface area contributed by atoms with Crippen LogP contribution in [0, 0.1) is 11.8 Å². The standard InChI is InChI=1S/C25H23N7O3/c1-2-3-11-31-12-8-18(15-31)22-19-7-10-28-25(26)32(19)23(30-22)17-4-5-20(29-14-17)35-21-13-16(24(33)34)6-9-27-21/h4-7,9-10,13-14,18H,8,11-12,15H2,1H3,(H2,26,28)(H,33,34). The number of likely N-dealkylation sites (tertiary alicyclic amines) is 1. The highest BCUT2D eigenvalue weighted by Crippen LogP contribution is 2.34. The third kappa shape index (κ3) is 4.49. The number of carboxylic acids is 1. The van der Waals surface area contributed by atoms with Gasteiger partial charge in [-0.15, -0.1) is 5.92 Å². The molecule has 3 N–H and O–H groups in total. The summed E-state index contributed by atoms with van der Waals surface area (Å²) in [6.45, 7) is 4.47. The monoisotopic (exact) mass is 469 g/mol. The average molecular weight is 470 g/mol. The number of nitrogen functional groups attached to an aromatic ring is 1. The Labute approximate surface area is 201 Å². The van der Waals surface area contributed by atoms with Crippen LogP contribution in [0.1, 0.15) is 35.3 Å². The molecule has 10 heteroatoms. The largest absolute Gasteiger partial charge is 0.478 e. The maximum Gasteiger partial charge on any atom is 0.335 e. The summed E-state index contributed by atoms with van der Waals surface area (Å²) < 4.78 is 7.48. The molecule has 4 aromatic heterocycles. The van der Waals surface area contributed by atoms with Crippen molar-refractivity contribution < 1.29 is 14.6 Å². The molecule has 1 atom stereocenters. The van der Waals surface area contributed by atoms with Gasteiger partial charge < -0.3 is 15.6 Å². The number of anilines is 1. The Morgan fingerprint density at radius 3 is 2.83 bits per heavy atom. The average Bonchev–Trinajstić information content (AvgIpc) is 3.49. The zero-order chi connectivity index (χ0) is 24.4. The van der Waals surface area contributed by atoms with Crippen LogP contribution in [-0.2, 0) is 0 Å². The van der Waals surface area contributed by atoms with Crippen molar-refractivity contribution in [3.63, 3.8) is 0 Å². The lowest BCUT2D eigenvalue weighted by atomic mass is 10.0. The molecule has 0 radical (unpaired) electrons. The summed E-state index contributed by atoms with van der Waals surface area (Å²) in [5, 5.41) is 9.15. The van der Waals surface area contributed by atoms with E-state index in [9.17, 15) is 4.79 Å². The fourth-order valence-electron chi connectivity index (χ4n) is 4.25. The molecule has 1 aliphatic rings. The van der Waals surface area contributed by atoms with Crippen molar-refractivity contribution >= 4 is 17.4 Å². The second-order valence-electron chi connectivity index (χ2n) is 8.17.